The SMILES string of the molecule is NNc1ccc(C(=O)N2CCC(O)CC2)cn1. The Hall–Kier alpha value is -1.66. The van der Waals surface area contributed by atoms with Crippen LogP contribution in [0.25, 0.3) is 0 Å². The van der Waals surface area contributed by atoms with E-state index in [0.717, 1.165) is 0 Å². The van der Waals surface area contributed by atoms with Crippen LogP contribution in [0.15, 0.2) is 18.3 Å². The Bertz CT molecular complexity index is 385. The van der Waals surface area contributed by atoms with Crippen molar-refractivity contribution in [1.29, 1.82) is 0 Å². The van der Waals surface area contributed by atoms with Crippen LogP contribution in [0.4, 0.5) is 5.82 Å². The first kappa shape index (κ1) is 11.8. The van der Waals surface area contributed by atoms with Gasteiger partial charge in [0.05, 0.1) is 11.7 Å². The number of pyridine rings is 1. The summed E-state index contributed by atoms with van der Waals surface area (Å²) < 4.78 is 0. The Balaban J connectivity index is 2.03. The molecule has 4 N–H and O–H groups in total. The molecule has 1 saturated heterocycles. The highest BCUT2D eigenvalue weighted by molar-refractivity contribution is 5.94. The van der Waals surface area contributed by atoms with Crippen LogP contribution in [0.1, 0.15) is 23.2 Å². The molecular weight excluding hydrogens is 220 g/mol. The zero-order valence-electron chi connectivity index (χ0n) is 9.47. The minimum Gasteiger partial charge on any atom is -0.393 e. The van der Waals surface area contributed by atoms with Crippen molar-refractivity contribution < 1.29 is 9.90 Å². The van der Waals surface area contributed by atoms with Gasteiger partial charge < -0.3 is 15.4 Å². The predicted octanol–water partition coefficient (Wildman–Crippen LogP) is -0.0359. The number of rotatable bonds is 2. The number of likely N-dealkylation sites (tertiary alicyclic amines) is 1. The summed E-state index contributed by atoms with van der Waals surface area (Å²) in [7, 11) is 0. The Morgan fingerprint density at radius 3 is 2.71 bits per heavy atom. The third-order valence-electron chi connectivity index (χ3n) is 2.91. The summed E-state index contributed by atoms with van der Waals surface area (Å²) in [5.74, 6) is 5.67. The molecule has 6 heteroatoms. The smallest absolute Gasteiger partial charge is 0.255 e. The molecule has 1 aromatic rings. The second-order valence-corrected chi connectivity index (χ2v) is 4.10. The van der Waals surface area contributed by atoms with E-state index < -0.39 is 0 Å². The number of carbonyl (C=O) groups excluding carboxylic acids is 1. The summed E-state index contributed by atoms with van der Waals surface area (Å²) in [6.45, 7) is 1.19. The first-order valence-corrected chi connectivity index (χ1v) is 5.60. The van der Waals surface area contributed by atoms with Gasteiger partial charge in [0.2, 0.25) is 0 Å². The molecule has 1 fully saturated rings. The van der Waals surface area contributed by atoms with Gasteiger partial charge in [-0.3, -0.25) is 4.79 Å². The number of anilines is 1. The average molecular weight is 236 g/mol. The summed E-state index contributed by atoms with van der Waals surface area (Å²) >= 11 is 0. The van der Waals surface area contributed by atoms with E-state index in [9.17, 15) is 9.90 Å². The standard InChI is InChI=1S/C11H16N4O2/c12-14-10-2-1-8(7-13-10)11(17)15-5-3-9(16)4-6-15/h1-2,7,9,16H,3-6,12H2,(H,13,14). The van der Waals surface area contributed by atoms with E-state index in [1.165, 1.54) is 6.20 Å². The molecule has 6 nitrogen and oxygen atoms in total. The quantitative estimate of drug-likeness (QED) is 0.495. The van der Waals surface area contributed by atoms with Crippen LogP contribution in [0.2, 0.25) is 0 Å². The van der Waals surface area contributed by atoms with Crippen molar-refractivity contribution in [2.75, 3.05) is 18.5 Å². The normalized spacial score (nSPS) is 16.9. The number of carbonyl (C=O) groups is 1. The Kier molecular flexibility index (Phi) is 3.55. The minimum absolute atomic E-state index is 0.0482. The summed E-state index contributed by atoms with van der Waals surface area (Å²) in [6.07, 6.45) is 2.51. The number of hydrogen-bond donors (Lipinski definition) is 3. The number of nitrogens with one attached hydrogen (secondary N) is 1. The van der Waals surface area contributed by atoms with Gasteiger partial charge in [0.1, 0.15) is 5.82 Å². The van der Waals surface area contributed by atoms with Crippen LogP contribution in [0, 0.1) is 0 Å². The third kappa shape index (κ3) is 2.72. The molecular formula is C11H16N4O2. The van der Waals surface area contributed by atoms with E-state index in [0.29, 0.717) is 37.3 Å². The zero-order chi connectivity index (χ0) is 12.3. The highest BCUT2D eigenvalue weighted by Gasteiger charge is 2.22. The van der Waals surface area contributed by atoms with Crippen molar-refractivity contribution in [2.45, 2.75) is 18.9 Å². The number of nitrogen functional groups attached to an aromatic ring is 1. The second-order valence-electron chi connectivity index (χ2n) is 4.10. The highest BCUT2D eigenvalue weighted by atomic mass is 16.3. The molecule has 0 spiro atoms. The van der Waals surface area contributed by atoms with Crippen LogP contribution in [0.5, 0.6) is 0 Å². The molecule has 0 unspecified atom stereocenters. The summed E-state index contributed by atoms with van der Waals surface area (Å²) in [5.41, 5.74) is 2.95. The summed E-state index contributed by atoms with van der Waals surface area (Å²) in [5, 5.41) is 9.38. The largest absolute Gasteiger partial charge is 0.393 e. The number of aliphatic hydroxyl groups is 1. The Morgan fingerprint density at radius 1 is 1.47 bits per heavy atom. The molecule has 92 valence electrons. The fraction of sp³-hybridized carbons (Fsp3) is 0.455. The summed E-state index contributed by atoms with van der Waals surface area (Å²) in [6, 6.07) is 3.35. The van der Waals surface area contributed by atoms with Crippen LogP contribution >= 0.6 is 0 Å². The van der Waals surface area contributed by atoms with Crippen molar-refractivity contribution in [3.05, 3.63) is 23.9 Å². The predicted molar refractivity (Wildman–Crippen MR) is 63.2 cm³/mol. The lowest BCUT2D eigenvalue weighted by Gasteiger charge is -2.29. The molecule has 0 radical (unpaired) electrons. The fourth-order valence-electron chi connectivity index (χ4n) is 1.86. The number of piperidine rings is 1. The molecule has 0 saturated carbocycles. The van der Waals surface area contributed by atoms with E-state index in [1.807, 2.05) is 0 Å². The Morgan fingerprint density at radius 2 is 2.18 bits per heavy atom. The van der Waals surface area contributed by atoms with Gasteiger partial charge in [-0.25, -0.2) is 10.8 Å². The number of hydrazine groups is 1. The van der Waals surface area contributed by atoms with Gasteiger partial charge >= 0.3 is 0 Å². The molecule has 1 amide bonds. The van der Waals surface area contributed by atoms with Crippen molar-refractivity contribution in [3.8, 4) is 0 Å². The number of amides is 1. The maximum Gasteiger partial charge on any atom is 0.255 e. The second kappa shape index (κ2) is 5.11. The Labute approximate surface area is 99.4 Å². The molecule has 2 rings (SSSR count). The highest BCUT2D eigenvalue weighted by Crippen LogP contribution is 2.14. The molecule has 1 aliphatic heterocycles. The van der Waals surface area contributed by atoms with Gasteiger partial charge in [0.25, 0.3) is 5.91 Å². The zero-order valence-corrected chi connectivity index (χ0v) is 9.47. The first-order chi connectivity index (χ1) is 8.20. The van der Waals surface area contributed by atoms with Gasteiger partial charge in [-0.15, -0.1) is 0 Å². The third-order valence-corrected chi connectivity index (χ3v) is 2.91. The van der Waals surface area contributed by atoms with E-state index in [4.69, 9.17) is 5.84 Å². The van der Waals surface area contributed by atoms with Gasteiger partial charge in [-0.1, -0.05) is 0 Å². The molecule has 17 heavy (non-hydrogen) atoms. The number of hydrogen-bond acceptors (Lipinski definition) is 5. The molecule has 1 aliphatic rings. The number of aliphatic hydroxyl groups excluding tert-OH is 1. The minimum atomic E-state index is -0.277. The van der Waals surface area contributed by atoms with Crippen molar-refractivity contribution in [3.63, 3.8) is 0 Å². The fourth-order valence-corrected chi connectivity index (χ4v) is 1.86. The van der Waals surface area contributed by atoms with Crippen molar-refractivity contribution in [1.82, 2.24) is 9.88 Å². The van der Waals surface area contributed by atoms with Crippen LogP contribution < -0.4 is 11.3 Å². The first-order valence-electron chi connectivity index (χ1n) is 5.60. The monoisotopic (exact) mass is 236 g/mol. The van der Waals surface area contributed by atoms with E-state index in [1.54, 1.807) is 17.0 Å². The maximum absolute atomic E-state index is 12.1. The van der Waals surface area contributed by atoms with Gasteiger partial charge in [-0.05, 0) is 25.0 Å². The lowest BCUT2D eigenvalue weighted by molar-refractivity contribution is 0.0546. The molecule has 2 heterocycles. The lowest BCUT2D eigenvalue weighted by Crippen LogP contribution is -2.40. The van der Waals surface area contributed by atoms with E-state index in [2.05, 4.69) is 10.4 Å². The van der Waals surface area contributed by atoms with Gasteiger partial charge in [0, 0.05) is 19.3 Å². The topological polar surface area (TPSA) is 91.5 Å². The molecule has 0 aromatic carbocycles. The number of aromatic nitrogens is 1. The van der Waals surface area contributed by atoms with Gasteiger partial charge in [-0.2, -0.15) is 0 Å². The maximum atomic E-state index is 12.1. The molecule has 0 atom stereocenters. The average Bonchev–Trinajstić information content (AvgIpc) is 2.39. The van der Waals surface area contributed by atoms with Crippen molar-refractivity contribution in [2.24, 2.45) is 5.84 Å². The van der Waals surface area contributed by atoms with E-state index in [-0.39, 0.29) is 12.0 Å². The molecule has 1 aromatic heterocycles. The summed E-state index contributed by atoms with van der Waals surface area (Å²) in [4.78, 5) is 17.8. The molecule has 0 aliphatic carbocycles. The lowest BCUT2D eigenvalue weighted by atomic mass is 10.1. The van der Waals surface area contributed by atoms with Crippen LogP contribution in [-0.4, -0.2) is 40.1 Å². The number of nitrogens with zero attached hydrogens (tertiary/aromatic N) is 2. The van der Waals surface area contributed by atoms with Crippen molar-refractivity contribution >= 4 is 11.7 Å². The van der Waals surface area contributed by atoms with Gasteiger partial charge in [0.15, 0.2) is 0 Å². The number of nitrogens with two attached hydrogens (primary N) is 1. The van der Waals surface area contributed by atoms with Crippen LogP contribution in [0.3, 0.4) is 0 Å². The molecule has 0 bridgehead atoms. The van der Waals surface area contributed by atoms with E-state index >= 15 is 0 Å². The van der Waals surface area contributed by atoms with Crippen LogP contribution in [-0.2, 0) is 0 Å².